The molecule has 3 rings (SSSR count). The molecule has 0 radical (unpaired) electrons. The van der Waals surface area contributed by atoms with E-state index in [0.717, 1.165) is 28.6 Å². The number of fused-ring (bicyclic) bond motifs is 1. The van der Waals surface area contributed by atoms with Gasteiger partial charge in [-0.1, -0.05) is 42.5 Å². The van der Waals surface area contributed by atoms with Crippen LogP contribution in [0.4, 0.5) is 24.5 Å². The van der Waals surface area contributed by atoms with Gasteiger partial charge in [-0.2, -0.15) is 13.2 Å². The van der Waals surface area contributed by atoms with Crippen molar-refractivity contribution in [2.75, 3.05) is 16.8 Å². The van der Waals surface area contributed by atoms with Crippen molar-refractivity contribution in [3.05, 3.63) is 72.3 Å². The molecule has 0 saturated carbocycles. The third-order valence-electron chi connectivity index (χ3n) is 4.11. The molecule has 2 N–H and O–H groups in total. The minimum atomic E-state index is -4.42. The summed E-state index contributed by atoms with van der Waals surface area (Å²) in [7, 11) is 0. The lowest BCUT2D eigenvalue weighted by molar-refractivity contribution is -0.137. The van der Waals surface area contributed by atoms with Crippen LogP contribution in [-0.4, -0.2) is 12.5 Å². The molecule has 0 aromatic heterocycles. The van der Waals surface area contributed by atoms with E-state index in [1.807, 2.05) is 42.5 Å². The highest BCUT2D eigenvalue weighted by Gasteiger charge is 2.31. The fourth-order valence-electron chi connectivity index (χ4n) is 2.85. The summed E-state index contributed by atoms with van der Waals surface area (Å²) in [6.07, 6.45) is -4.42. The minimum Gasteiger partial charge on any atom is -0.326 e. The van der Waals surface area contributed by atoms with Crippen molar-refractivity contribution in [3.63, 3.8) is 0 Å². The number of guanidine groups is 1. The summed E-state index contributed by atoms with van der Waals surface area (Å²) >= 11 is 0. The van der Waals surface area contributed by atoms with Crippen LogP contribution in [0.15, 0.2) is 66.7 Å². The maximum Gasteiger partial charge on any atom is 0.416 e. The predicted molar refractivity (Wildman–Crippen MR) is 99.8 cm³/mol. The minimum absolute atomic E-state index is 0.0168. The van der Waals surface area contributed by atoms with E-state index in [-0.39, 0.29) is 5.96 Å². The van der Waals surface area contributed by atoms with E-state index < -0.39 is 11.7 Å². The van der Waals surface area contributed by atoms with Gasteiger partial charge in [-0.15, -0.1) is 0 Å². The number of hydrogen-bond donors (Lipinski definition) is 2. The van der Waals surface area contributed by atoms with E-state index in [9.17, 15) is 13.2 Å². The molecule has 0 saturated heterocycles. The van der Waals surface area contributed by atoms with Gasteiger partial charge in [-0.3, -0.25) is 5.41 Å². The van der Waals surface area contributed by atoms with Gasteiger partial charge < -0.3 is 10.2 Å². The van der Waals surface area contributed by atoms with Gasteiger partial charge in [0, 0.05) is 23.3 Å². The Labute approximate surface area is 149 Å². The summed E-state index contributed by atoms with van der Waals surface area (Å²) in [5.41, 5.74) is 0.324. The number of anilines is 2. The lowest BCUT2D eigenvalue weighted by Crippen LogP contribution is -2.35. The fourth-order valence-corrected chi connectivity index (χ4v) is 2.85. The van der Waals surface area contributed by atoms with Crippen LogP contribution in [0, 0.1) is 5.41 Å². The summed E-state index contributed by atoms with van der Waals surface area (Å²) in [6, 6.07) is 18.4. The fraction of sp³-hybridized carbons (Fsp3) is 0.150. The second-order valence-electron chi connectivity index (χ2n) is 5.79. The number of alkyl halides is 3. The quantitative estimate of drug-likeness (QED) is 0.464. The first-order valence-corrected chi connectivity index (χ1v) is 8.18. The number of nitrogens with zero attached hydrogens (tertiary/aromatic N) is 1. The van der Waals surface area contributed by atoms with Gasteiger partial charge >= 0.3 is 6.18 Å². The summed E-state index contributed by atoms with van der Waals surface area (Å²) in [5.74, 6) is 0.0168. The van der Waals surface area contributed by atoms with Crippen molar-refractivity contribution in [2.24, 2.45) is 0 Å². The van der Waals surface area contributed by atoms with Gasteiger partial charge in [0.05, 0.1) is 5.56 Å². The molecule has 3 aromatic carbocycles. The molecular formula is C20H18F3N3. The Balaban J connectivity index is 1.90. The summed E-state index contributed by atoms with van der Waals surface area (Å²) in [6.45, 7) is 2.15. The zero-order valence-electron chi connectivity index (χ0n) is 14.1. The molecule has 134 valence electrons. The first-order chi connectivity index (χ1) is 12.4. The van der Waals surface area contributed by atoms with Crippen molar-refractivity contribution in [3.8, 4) is 0 Å². The Bertz CT molecular complexity index is 929. The highest BCUT2D eigenvalue weighted by Crippen LogP contribution is 2.32. The van der Waals surface area contributed by atoms with E-state index in [0.29, 0.717) is 12.2 Å². The van der Waals surface area contributed by atoms with Crippen molar-refractivity contribution < 1.29 is 13.2 Å². The zero-order chi connectivity index (χ0) is 18.7. The van der Waals surface area contributed by atoms with Crippen LogP contribution in [0.5, 0.6) is 0 Å². The molecule has 0 aliphatic carbocycles. The van der Waals surface area contributed by atoms with E-state index in [1.165, 1.54) is 11.0 Å². The molecule has 0 bridgehead atoms. The SMILES string of the molecule is CCN(C(=N)Nc1cccc2ccccc12)c1cccc(C(F)(F)F)c1. The number of halogens is 3. The van der Waals surface area contributed by atoms with Crippen molar-refractivity contribution in [2.45, 2.75) is 13.1 Å². The smallest absolute Gasteiger partial charge is 0.326 e. The third kappa shape index (κ3) is 3.64. The van der Waals surface area contributed by atoms with Gasteiger partial charge in [0.1, 0.15) is 0 Å². The molecule has 0 amide bonds. The molecule has 6 heteroatoms. The first-order valence-electron chi connectivity index (χ1n) is 8.18. The number of benzene rings is 3. The number of nitrogens with one attached hydrogen (secondary N) is 2. The normalized spacial score (nSPS) is 11.4. The summed E-state index contributed by atoms with van der Waals surface area (Å²) in [5, 5.41) is 13.3. The molecule has 0 atom stereocenters. The van der Waals surface area contributed by atoms with E-state index in [1.54, 1.807) is 13.0 Å². The van der Waals surface area contributed by atoms with Crippen LogP contribution in [0.2, 0.25) is 0 Å². The van der Waals surface area contributed by atoms with Crippen molar-refractivity contribution in [1.82, 2.24) is 0 Å². The lowest BCUT2D eigenvalue weighted by Gasteiger charge is -2.25. The molecule has 3 nitrogen and oxygen atoms in total. The summed E-state index contributed by atoms with van der Waals surface area (Å²) in [4.78, 5) is 1.50. The highest BCUT2D eigenvalue weighted by atomic mass is 19.4. The van der Waals surface area contributed by atoms with E-state index >= 15 is 0 Å². The first kappa shape index (κ1) is 17.8. The standard InChI is InChI=1S/C20H18F3N3/c1-2-26(16-10-6-9-15(13-16)20(21,22)23)19(24)25-18-12-5-8-14-7-3-4-11-17(14)18/h3-13H,2H2,1H3,(H2,24,25). The topological polar surface area (TPSA) is 39.1 Å². The second-order valence-corrected chi connectivity index (χ2v) is 5.79. The Morgan fingerprint density at radius 1 is 1.00 bits per heavy atom. The highest BCUT2D eigenvalue weighted by molar-refractivity contribution is 6.08. The molecule has 0 spiro atoms. The van der Waals surface area contributed by atoms with Gasteiger partial charge in [-0.05, 0) is 36.6 Å². The Hall–Kier alpha value is -3.02. The predicted octanol–water partition coefficient (Wildman–Crippen LogP) is 5.73. The number of rotatable bonds is 3. The monoisotopic (exact) mass is 357 g/mol. The molecule has 0 aliphatic rings. The average Bonchev–Trinajstić information content (AvgIpc) is 2.62. The molecular weight excluding hydrogens is 339 g/mol. The van der Waals surface area contributed by atoms with Crippen LogP contribution >= 0.6 is 0 Å². The molecule has 26 heavy (non-hydrogen) atoms. The van der Waals surface area contributed by atoms with Gasteiger partial charge in [-0.25, -0.2) is 0 Å². The lowest BCUT2D eigenvalue weighted by atomic mass is 10.1. The van der Waals surface area contributed by atoms with Crippen LogP contribution in [-0.2, 0) is 6.18 Å². The van der Waals surface area contributed by atoms with Crippen LogP contribution in [0.1, 0.15) is 12.5 Å². The number of hydrogen-bond acceptors (Lipinski definition) is 1. The van der Waals surface area contributed by atoms with Crippen LogP contribution in [0.3, 0.4) is 0 Å². The van der Waals surface area contributed by atoms with E-state index in [4.69, 9.17) is 5.41 Å². The van der Waals surface area contributed by atoms with Crippen molar-refractivity contribution in [1.29, 1.82) is 5.41 Å². The van der Waals surface area contributed by atoms with Crippen LogP contribution in [0.25, 0.3) is 10.8 Å². The van der Waals surface area contributed by atoms with Gasteiger partial charge in [0.2, 0.25) is 0 Å². The average molecular weight is 357 g/mol. The molecule has 3 aromatic rings. The third-order valence-corrected chi connectivity index (χ3v) is 4.11. The Kier molecular flexibility index (Phi) is 4.84. The summed E-state index contributed by atoms with van der Waals surface area (Å²) < 4.78 is 38.9. The zero-order valence-corrected chi connectivity index (χ0v) is 14.1. The van der Waals surface area contributed by atoms with Crippen LogP contribution < -0.4 is 10.2 Å². The Morgan fingerprint density at radius 2 is 1.69 bits per heavy atom. The largest absolute Gasteiger partial charge is 0.416 e. The van der Waals surface area contributed by atoms with Crippen molar-refractivity contribution >= 4 is 28.1 Å². The maximum absolute atomic E-state index is 13.0. The second kappa shape index (κ2) is 7.07. The van der Waals surface area contributed by atoms with Gasteiger partial charge in [0.15, 0.2) is 5.96 Å². The molecule has 0 aliphatic heterocycles. The van der Waals surface area contributed by atoms with E-state index in [2.05, 4.69) is 5.32 Å². The molecule has 0 heterocycles. The molecule has 0 fully saturated rings. The molecule has 0 unspecified atom stereocenters. The van der Waals surface area contributed by atoms with Gasteiger partial charge in [0.25, 0.3) is 0 Å². The Morgan fingerprint density at radius 3 is 2.42 bits per heavy atom. The maximum atomic E-state index is 13.0.